The Morgan fingerprint density at radius 1 is 0.963 bits per heavy atom. The van der Waals surface area contributed by atoms with E-state index < -0.39 is 9.84 Å². The lowest BCUT2D eigenvalue weighted by atomic mass is 10.1. The highest BCUT2D eigenvalue weighted by Crippen LogP contribution is 2.25. The van der Waals surface area contributed by atoms with Crippen LogP contribution in [0.4, 0.5) is 0 Å². The zero-order chi connectivity index (χ0) is 19.0. The van der Waals surface area contributed by atoms with Crippen LogP contribution in [0.1, 0.15) is 16.8 Å². The Balaban J connectivity index is 1.64. The van der Waals surface area contributed by atoms with E-state index in [1.807, 2.05) is 50.2 Å². The average Bonchev–Trinajstić information content (AvgIpc) is 3.08. The smallest absolute Gasteiger partial charge is 0.226 e. The molecule has 0 radical (unpaired) electrons. The van der Waals surface area contributed by atoms with E-state index in [0.29, 0.717) is 17.1 Å². The third-order valence-corrected chi connectivity index (χ3v) is 5.93. The summed E-state index contributed by atoms with van der Waals surface area (Å²) in [7, 11) is -3.62. The summed E-state index contributed by atoms with van der Waals surface area (Å²) < 4.78 is 31.0. The van der Waals surface area contributed by atoms with Crippen molar-refractivity contribution in [3.05, 3.63) is 77.7 Å². The van der Waals surface area contributed by atoms with Gasteiger partial charge in [-0.3, -0.25) is 0 Å². The van der Waals surface area contributed by atoms with Crippen LogP contribution in [0.15, 0.2) is 70.3 Å². The summed E-state index contributed by atoms with van der Waals surface area (Å²) in [5.41, 5.74) is 4.04. The number of rotatable bonds is 4. The number of oxazole rings is 1. The largest absolute Gasteiger partial charge is 0.444 e. The van der Waals surface area contributed by atoms with Crippen molar-refractivity contribution in [1.29, 1.82) is 0 Å². The maximum atomic E-state index is 12.8. The molecule has 0 aliphatic heterocycles. The molecule has 0 aliphatic carbocycles. The molecule has 2 heterocycles. The Bertz CT molecular complexity index is 1240. The molecule has 0 saturated heterocycles. The molecule has 4 rings (SSSR count). The molecule has 0 amide bonds. The maximum absolute atomic E-state index is 12.8. The predicted molar refractivity (Wildman–Crippen MR) is 104 cm³/mol. The molecular weight excluding hydrogens is 360 g/mol. The summed E-state index contributed by atoms with van der Waals surface area (Å²) in [5, 5.41) is 0.937. The highest BCUT2D eigenvalue weighted by molar-refractivity contribution is 7.90. The molecule has 0 unspecified atom stereocenters. The first-order chi connectivity index (χ1) is 12.9. The van der Waals surface area contributed by atoms with Gasteiger partial charge in [0.25, 0.3) is 0 Å². The summed E-state index contributed by atoms with van der Waals surface area (Å²) >= 11 is 0. The maximum Gasteiger partial charge on any atom is 0.226 e. The van der Waals surface area contributed by atoms with E-state index >= 15 is 0 Å². The van der Waals surface area contributed by atoms with Crippen LogP contribution in [0.5, 0.6) is 0 Å². The Morgan fingerprint density at radius 2 is 1.78 bits per heavy atom. The number of sulfone groups is 1. The van der Waals surface area contributed by atoms with E-state index in [2.05, 4.69) is 9.97 Å². The zero-order valence-corrected chi connectivity index (χ0v) is 15.8. The molecule has 136 valence electrons. The fraction of sp³-hybridized carbons (Fsp3) is 0.143. The third-order valence-electron chi connectivity index (χ3n) is 4.39. The second-order valence-electron chi connectivity index (χ2n) is 6.56. The monoisotopic (exact) mass is 378 g/mol. The first kappa shape index (κ1) is 17.4. The van der Waals surface area contributed by atoms with Crippen LogP contribution >= 0.6 is 0 Å². The summed E-state index contributed by atoms with van der Waals surface area (Å²) in [4.78, 5) is 8.66. The van der Waals surface area contributed by atoms with Gasteiger partial charge >= 0.3 is 0 Å². The molecule has 0 fully saturated rings. The molecule has 2 aromatic carbocycles. The van der Waals surface area contributed by atoms with Gasteiger partial charge in [0.1, 0.15) is 12.0 Å². The first-order valence-corrected chi connectivity index (χ1v) is 10.2. The quantitative estimate of drug-likeness (QED) is 0.523. The van der Waals surface area contributed by atoms with Crippen molar-refractivity contribution in [3.8, 4) is 11.5 Å². The third kappa shape index (κ3) is 3.48. The van der Waals surface area contributed by atoms with Crippen LogP contribution < -0.4 is 0 Å². The van der Waals surface area contributed by atoms with E-state index in [-0.39, 0.29) is 10.8 Å². The fourth-order valence-corrected chi connectivity index (χ4v) is 4.22. The fourth-order valence-electron chi connectivity index (χ4n) is 3.04. The molecule has 0 aliphatic rings. The van der Waals surface area contributed by atoms with Crippen molar-refractivity contribution in [2.45, 2.75) is 24.6 Å². The average molecular weight is 378 g/mol. The number of pyridine rings is 1. The van der Waals surface area contributed by atoms with Gasteiger partial charge in [0.2, 0.25) is 15.7 Å². The van der Waals surface area contributed by atoms with Gasteiger partial charge in [-0.2, -0.15) is 0 Å². The zero-order valence-electron chi connectivity index (χ0n) is 15.0. The Hall–Kier alpha value is -2.99. The molecule has 5 nitrogen and oxygen atoms in total. The van der Waals surface area contributed by atoms with E-state index in [1.165, 1.54) is 12.3 Å². The molecule has 0 bridgehead atoms. The molecule has 4 aromatic rings. The molecule has 27 heavy (non-hydrogen) atoms. The van der Waals surface area contributed by atoms with Crippen LogP contribution in [0.25, 0.3) is 22.4 Å². The molecule has 0 N–H and O–H groups in total. The van der Waals surface area contributed by atoms with Crippen molar-refractivity contribution < 1.29 is 12.8 Å². The van der Waals surface area contributed by atoms with Crippen molar-refractivity contribution >= 4 is 20.7 Å². The summed E-state index contributed by atoms with van der Waals surface area (Å²) in [6, 6.07) is 16.6. The molecule has 0 spiro atoms. The first-order valence-electron chi connectivity index (χ1n) is 8.53. The second-order valence-corrected chi connectivity index (χ2v) is 8.50. The van der Waals surface area contributed by atoms with Crippen LogP contribution in [-0.4, -0.2) is 18.4 Å². The van der Waals surface area contributed by atoms with Crippen LogP contribution in [0.2, 0.25) is 0 Å². The van der Waals surface area contributed by atoms with Crippen molar-refractivity contribution in [1.82, 2.24) is 9.97 Å². The standard InChI is InChI=1S/C21H18N2O3S/c1-14-7-9-18(15(2)11-14)21-22-17(12-26-21)13-27(24,25)20-10-8-16-5-3-4-6-19(16)23-20/h3-12H,13H2,1-2H3. The van der Waals surface area contributed by atoms with Gasteiger partial charge in [-0.25, -0.2) is 18.4 Å². The van der Waals surface area contributed by atoms with Crippen molar-refractivity contribution in [2.75, 3.05) is 0 Å². The van der Waals surface area contributed by atoms with Gasteiger partial charge in [0, 0.05) is 10.9 Å². The van der Waals surface area contributed by atoms with Gasteiger partial charge in [-0.1, -0.05) is 35.9 Å². The Kier molecular flexibility index (Phi) is 4.28. The summed E-state index contributed by atoms with van der Waals surface area (Å²) in [6.07, 6.45) is 1.40. The Morgan fingerprint density at radius 3 is 2.59 bits per heavy atom. The van der Waals surface area contributed by atoms with Gasteiger partial charge in [0.15, 0.2) is 5.03 Å². The number of hydrogen-bond acceptors (Lipinski definition) is 5. The van der Waals surface area contributed by atoms with E-state index in [0.717, 1.165) is 22.1 Å². The van der Waals surface area contributed by atoms with Gasteiger partial charge in [-0.05, 0) is 43.7 Å². The lowest BCUT2D eigenvalue weighted by molar-refractivity contribution is 0.571. The van der Waals surface area contributed by atoms with E-state index in [9.17, 15) is 8.42 Å². The van der Waals surface area contributed by atoms with Crippen LogP contribution in [-0.2, 0) is 15.6 Å². The van der Waals surface area contributed by atoms with Crippen LogP contribution in [0, 0.1) is 13.8 Å². The highest BCUT2D eigenvalue weighted by atomic mass is 32.2. The number of benzene rings is 2. The van der Waals surface area contributed by atoms with Gasteiger partial charge < -0.3 is 4.42 Å². The van der Waals surface area contributed by atoms with Crippen LogP contribution in [0.3, 0.4) is 0 Å². The molecular formula is C21H18N2O3S. The van der Waals surface area contributed by atoms with E-state index in [4.69, 9.17) is 4.42 Å². The molecule has 0 atom stereocenters. The minimum Gasteiger partial charge on any atom is -0.444 e. The minimum atomic E-state index is -3.62. The number of para-hydroxylation sites is 1. The van der Waals surface area contributed by atoms with E-state index in [1.54, 1.807) is 12.1 Å². The number of hydrogen-bond donors (Lipinski definition) is 0. The minimum absolute atomic E-state index is 0.0391. The number of fused-ring (bicyclic) bond motifs is 1. The SMILES string of the molecule is Cc1ccc(-c2nc(CS(=O)(=O)c3ccc4ccccc4n3)co2)c(C)c1. The van der Waals surface area contributed by atoms with Crippen molar-refractivity contribution in [3.63, 3.8) is 0 Å². The highest BCUT2D eigenvalue weighted by Gasteiger charge is 2.20. The topological polar surface area (TPSA) is 73.1 Å². The number of nitrogens with zero attached hydrogens (tertiary/aromatic N) is 2. The van der Waals surface area contributed by atoms with Gasteiger partial charge in [-0.15, -0.1) is 0 Å². The van der Waals surface area contributed by atoms with Crippen molar-refractivity contribution in [2.24, 2.45) is 0 Å². The number of aryl methyl sites for hydroxylation is 2. The molecule has 6 heteroatoms. The molecule has 0 saturated carbocycles. The normalized spacial score (nSPS) is 11.8. The summed E-state index contributed by atoms with van der Waals surface area (Å²) in [5.74, 6) is 0.163. The summed E-state index contributed by atoms with van der Waals surface area (Å²) in [6.45, 7) is 3.99. The number of aromatic nitrogens is 2. The molecule has 2 aromatic heterocycles. The Labute approximate surface area is 157 Å². The van der Waals surface area contributed by atoms with Gasteiger partial charge in [0.05, 0.1) is 11.2 Å². The second kappa shape index (κ2) is 6.63. The predicted octanol–water partition coefficient (Wildman–Crippen LogP) is 4.48. The lowest BCUT2D eigenvalue weighted by Gasteiger charge is -2.04. The lowest BCUT2D eigenvalue weighted by Crippen LogP contribution is -2.07.